The first-order valence-electron chi connectivity index (χ1n) is 7.25. The summed E-state index contributed by atoms with van der Waals surface area (Å²) >= 11 is 0. The van der Waals surface area contributed by atoms with Crippen molar-refractivity contribution in [3.63, 3.8) is 0 Å². The zero-order valence-corrected chi connectivity index (χ0v) is 13.5. The van der Waals surface area contributed by atoms with E-state index < -0.39 is 0 Å². The average molecular weight is 279 g/mol. The molecule has 0 aromatic heterocycles. The van der Waals surface area contributed by atoms with E-state index in [-0.39, 0.29) is 5.41 Å². The Morgan fingerprint density at radius 1 is 1.30 bits per heavy atom. The van der Waals surface area contributed by atoms with E-state index in [1.54, 1.807) is 0 Å². The van der Waals surface area contributed by atoms with Gasteiger partial charge in [0, 0.05) is 24.8 Å². The number of rotatable bonds is 8. The van der Waals surface area contributed by atoms with E-state index in [4.69, 9.17) is 10.5 Å². The fraction of sp³-hybridized carbons (Fsp3) is 0.625. The molecular weight excluding hydrogens is 250 g/mol. The number of nitrogens with one attached hydrogen (secondary N) is 1. The highest BCUT2D eigenvalue weighted by molar-refractivity contribution is 5.61. The Morgan fingerprint density at radius 2 is 2.00 bits per heavy atom. The highest BCUT2D eigenvalue weighted by atomic mass is 16.5. The molecule has 0 heterocycles. The topological polar surface area (TPSA) is 50.5 Å². The molecule has 0 unspecified atom stereocenters. The lowest BCUT2D eigenvalue weighted by molar-refractivity contribution is 0.254. The molecule has 1 aromatic rings. The molecule has 0 aliphatic carbocycles. The summed E-state index contributed by atoms with van der Waals surface area (Å²) < 4.78 is 5.65. The summed E-state index contributed by atoms with van der Waals surface area (Å²) in [5.41, 5.74) is 7.87. The second-order valence-corrected chi connectivity index (χ2v) is 6.36. The SMILES string of the molecule is CCCOc1cc(NCC(C)(C)CN(C)C)ccc1N. The van der Waals surface area contributed by atoms with Crippen molar-refractivity contribution in [2.45, 2.75) is 27.2 Å². The van der Waals surface area contributed by atoms with Crippen LogP contribution in [-0.2, 0) is 0 Å². The van der Waals surface area contributed by atoms with E-state index in [2.05, 4.69) is 45.1 Å². The molecule has 4 nitrogen and oxygen atoms in total. The van der Waals surface area contributed by atoms with Gasteiger partial charge in [-0.3, -0.25) is 0 Å². The van der Waals surface area contributed by atoms with Crippen LogP contribution in [-0.4, -0.2) is 38.7 Å². The minimum absolute atomic E-state index is 0.204. The lowest BCUT2D eigenvalue weighted by atomic mass is 9.93. The van der Waals surface area contributed by atoms with Crippen LogP contribution in [0.3, 0.4) is 0 Å². The van der Waals surface area contributed by atoms with Crippen molar-refractivity contribution >= 4 is 11.4 Å². The van der Waals surface area contributed by atoms with Crippen LogP contribution in [0.15, 0.2) is 18.2 Å². The third-order valence-corrected chi connectivity index (χ3v) is 2.99. The summed E-state index contributed by atoms with van der Waals surface area (Å²) in [7, 11) is 4.20. The lowest BCUT2D eigenvalue weighted by Gasteiger charge is -2.29. The Labute approximate surface area is 123 Å². The van der Waals surface area contributed by atoms with Gasteiger partial charge in [-0.1, -0.05) is 20.8 Å². The smallest absolute Gasteiger partial charge is 0.144 e. The predicted molar refractivity (Wildman–Crippen MR) is 87.5 cm³/mol. The van der Waals surface area contributed by atoms with Gasteiger partial charge in [0.25, 0.3) is 0 Å². The number of hydrogen-bond donors (Lipinski definition) is 2. The van der Waals surface area contributed by atoms with Gasteiger partial charge >= 0.3 is 0 Å². The summed E-state index contributed by atoms with van der Waals surface area (Å²) in [5.74, 6) is 0.766. The van der Waals surface area contributed by atoms with Crippen molar-refractivity contribution in [1.29, 1.82) is 0 Å². The van der Waals surface area contributed by atoms with Gasteiger partial charge < -0.3 is 20.7 Å². The molecule has 4 heteroatoms. The van der Waals surface area contributed by atoms with Crippen LogP contribution in [0.5, 0.6) is 5.75 Å². The van der Waals surface area contributed by atoms with Crippen molar-refractivity contribution < 1.29 is 4.74 Å². The van der Waals surface area contributed by atoms with Crippen LogP contribution in [0.4, 0.5) is 11.4 Å². The second kappa shape index (κ2) is 7.39. The summed E-state index contributed by atoms with van der Waals surface area (Å²) in [4.78, 5) is 2.21. The average Bonchev–Trinajstić information content (AvgIpc) is 2.35. The summed E-state index contributed by atoms with van der Waals surface area (Å²) in [6.45, 7) is 9.23. The van der Waals surface area contributed by atoms with Crippen molar-refractivity contribution in [3.05, 3.63) is 18.2 Å². The first kappa shape index (κ1) is 16.6. The summed E-state index contributed by atoms with van der Waals surface area (Å²) in [5, 5.41) is 3.47. The van der Waals surface area contributed by atoms with Crippen molar-refractivity contribution in [3.8, 4) is 5.75 Å². The number of hydrogen-bond acceptors (Lipinski definition) is 4. The van der Waals surface area contributed by atoms with E-state index in [9.17, 15) is 0 Å². The molecule has 20 heavy (non-hydrogen) atoms. The van der Waals surface area contributed by atoms with Crippen LogP contribution < -0.4 is 15.8 Å². The minimum atomic E-state index is 0.204. The standard InChI is InChI=1S/C16H29N3O/c1-6-9-20-15-10-13(7-8-14(15)17)18-11-16(2,3)12-19(4)5/h7-8,10,18H,6,9,11-12,17H2,1-5H3. The molecular formula is C16H29N3O. The fourth-order valence-electron chi connectivity index (χ4n) is 2.23. The normalized spacial score (nSPS) is 11.7. The minimum Gasteiger partial charge on any atom is -0.491 e. The van der Waals surface area contributed by atoms with Gasteiger partial charge in [-0.05, 0) is 38.1 Å². The quantitative estimate of drug-likeness (QED) is 0.718. The van der Waals surface area contributed by atoms with Crippen molar-refractivity contribution in [1.82, 2.24) is 4.90 Å². The second-order valence-electron chi connectivity index (χ2n) is 6.36. The Balaban J connectivity index is 2.64. The van der Waals surface area contributed by atoms with Gasteiger partial charge in [-0.15, -0.1) is 0 Å². The molecule has 1 aromatic carbocycles. The van der Waals surface area contributed by atoms with Crippen LogP contribution in [0, 0.1) is 5.41 Å². The largest absolute Gasteiger partial charge is 0.491 e. The Bertz CT molecular complexity index is 416. The van der Waals surface area contributed by atoms with E-state index >= 15 is 0 Å². The maximum absolute atomic E-state index is 5.92. The summed E-state index contributed by atoms with van der Waals surface area (Å²) in [6, 6.07) is 5.88. The van der Waals surface area contributed by atoms with Gasteiger partial charge in [-0.2, -0.15) is 0 Å². The monoisotopic (exact) mass is 279 g/mol. The van der Waals surface area contributed by atoms with E-state index in [1.807, 2.05) is 18.2 Å². The molecule has 0 atom stereocenters. The molecule has 0 saturated carbocycles. The van der Waals surface area contributed by atoms with Crippen molar-refractivity contribution in [2.24, 2.45) is 5.41 Å². The van der Waals surface area contributed by atoms with Gasteiger partial charge in [0.15, 0.2) is 0 Å². The molecule has 0 aliphatic rings. The zero-order chi connectivity index (χ0) is 15.2. The van der Waals surface area contributed by atoms with Gasteiger partial charge in [0.2, 0.25) is 0 Å². The first-order valence-corrected chi connectivity index (χ1v) is 7.25. The van der Waals surface area contributed by atoms with E-state index in [0.717, 1.165) is 30.9 Å². The van der Waals surface area contributed by atoms with E-state index in [0.29, 0.717) is 12.3 Å². The van der Waals surface area contributed by atoms with Gasteiger partial charge in [-0.25, -0.2) is 0 Å². The zero-order valence-electron chi connectivity index (χ0n) is 13.5. The number of nitrogen functional groups attached to an aromatic ring is 1. The van der Waals surface area contributed by atoms with Crippen molar-refractivity contribution in [2.75, 3.05) is 44.8 Å². The molecule has 0 radical (unpaired) electrons. The van der Waals surface area contributed by atoms with Crippen LogP contribution >= 0.6 is 0 Å². The van der Waals surface area contributed by atoms with Crippen LogP contribution in [0.25, 0.3) is 0 Å². The Kier molecular flexibility index (Phi) is 6.14. The maximum Gasteiger partial charge on any atom is 0.144 e. The third kappa shape index (κ3) is 5.70. The highest BCUT2D eigenvalue weighted by Crippen LogP contribution is 2.26. The van der Waals surface area contributed by atoms with E-state index in [1.165, 1.54) is 0 Å². The molecule has 0 bridgehead atoms. The van der Waals surface area contributed by atoms with Crippen LogP contribution in [0.2, 0.25) is 0 Å². The maximum atomic E-state index is 5.92. The Morgan fingerprint density at radius 3 is 2.60 bits per heavy atom. The highest BCUT2D eigenvalue weighted by Gasteiger charge is 2.18. The van der Waals surface area contributed by atoms with Crippen LogP contribution in [0.1, 0.15) is 27.2 Å². The third-order valence-electron chi connectivity index (χ3n) is 2.99. The fourth-order valence-corrected chi connectivity index (χ4v) is 2.23. The summed E-state index contributed by atoms with van der Waals surface area (Å²) in [6.07, 6.45) is 0.979. The van der Waals surface area contributed by atoms with Gasteiger partial charge in [0.05, 0.1) is 12.3 Å². The first-order chi connectivity index (χ1) is 9.34. The molecule has 0 saturated heterocycles. The molecule has 1 rings (SSSR count). The molecule has 0 spiro atoms. The number of ether oxygens (including phenoxy) is 1. The molecule has 0 aliphatic heterocycles. The number of anilines is 2. The molecule has 0 amide bonds. The lowest BCUT2D eigenvalue weighted by Crippen LogP contribution is -2.34. The molecule has 3 N–H and O–H groups in total. The molecule has 0 fully saturated rings. The molecule has 114 valence electrons. The van der Waals surface area contributed by atoms with Gasteiger partial charge in [0.1, 0.15) is 5.75 Å². The number of nitrogens with two attached hydrogens (primary N) is 1. The Hall–Kier alpha value is -1.42. The number of nitrogens with zero attached hydrogens (tertiary/aromatic N) is 1. The predicted octanol–water partition coefficient (Wildman–Crippen LogP) is 3.06. The number of benzene rings is 1.